The molecule has 0 aliphatic heterocycles. The molecule has 2 aromatic heterocycles. The van der Waals surface area contributed by atoms with Crippen molar-refractivity contribution >= 4 is 11.0 Å². The molecule has 0 spiro atoms. The number of fused-ring (bicyclic) bond motifs is 1. The van der Waals surface area contributed by atoms with E-state index in [1.165, 1.54) is 0 Å². The van der Waals surface area contributed by atoms with E-state index < -0.39 is 28.6 Å². The standard InChI is InChI=1S/C10H11F3N4O3/c1-2-20-4-3-17-6-5(7(16-17)10(11,12)13)14-9(19)15-8(6)18/h2-4H2,1H3,(H2,14,15,18,19). The van der Waals surface area contributed by atoms with Gasteiger partial charge < -0.3 is 9.72 Å². The smallest absolute Gasteiger partial charge is 0.380 e. The van der Waals surface area contributed by atoms with Crippen molar-refractivity contribution in [2.75, 3.05) is 13.2 Å². The zero-order valence-corrected chi connectivity index (χ0v) is 10.4. The lowest BCUT2D eigenvalue weighted by Crippen LogP contribution is -2.24. The van der Waals surface area contributed by atoms with Crippen LogP contribution in [0.25, 0.3) is 11.0 Å². The van der Waals surface area contributed by atoms with Gasteiger partial charge in [0, 0.05) is 6.61 Å². The van der Waals surface area contributed by atoms with Crippen LogP contribution in [-0.2, 0) is 17.5 Å². The lowest BCUT2D eigenvalue weighted by molar-refractivity contribution is -0.140. The molecule has 0 aliphatic carbocycles. The molecule has 0 fully saturated rings. The van der Waals surface area contributed by atoms with E-state index in [1.54, 1.807) is 6.92 Å². The third-order valence-electron chi connectivity index (χ3n) is 2.55. The van der Waals surface area contributed by atoms with Crippen LogP contribution in [0.2, 0.25) is 0 Å². The molecule has 0 aromatic carbocycles. The molecule has 2 rings (SSSR count). The molecule has 20 heavy (non-hydrogen) atoms. The van der Waals surface area contributed by atoms with E-state index in [0.717, 1.165) is 4.68 Å². The first kappa shape index (κ1) is 14.3. The molecule has 0 unspecified atom stereocenters. The fourth-order valence-electron chi connectivity index (χ4n) is 1.77. The van der Waals surface area contributed by atoms with Crippen molar-refractivity contribution in [3.63, 3.8) is 0 Å². The fourth-order valence-corrected chi connectivity index (χ4v) is 1.77. The highest BCUT2D eigenvalue weighted by Gasteiger charge is 2.38. The second-order valence-corrected chi connectivity index (χ2v) is 3.90. The minimum Gasteiger partial charge on any atom is -0.380 e. The normalized spacial score (nSPS) is 12.2. The molecule has 0 amide bonds. The van der Waals surface area contributed by atoms with Crippen LogP contribution < -0.4 is 11.2 Å². The van der Waals surface area contributed by atoms with Crippen molar-refractivity contribution in [3.8, 4) is 0 Å². The highest BCUT2D eigenvalue weighted by Crippen LogP contribution is 2.31. The lowest BCUT2D eigenvalue weighted by Gasteiger charge is -2.03. The molecule has 2 aromatic rings. The van der Waals surface area contributed by atoms with Gasteiger partial charge in [-0.15, -0.1) is 0 Å². The summed E-state index contributed by atoms with van der Waals surface area (Å²) in [5, 5.41) is 3.36. The van der Waals surface area contributed by atoms with E-state index in [4.69, 9.17) is 4.74 Å². The molecular formula is C10H11F3N4O3. The summed E-state index contributed by atoms with van der Waals surface area (Å²) in [6, 6.07) is 0. The highest BCUT2D eigenvalue weighted by atomic mass is 19.4. The Kier molecular flexibility index (Phi) is 3.66. The van der Waals surface area contributed by atoms with Crippen LogP contribution in [0.15, 0.2) is 9.59 Å². The van der Waals surface area contributed by atoms with Crippen molar-refractivity contribution in [1.82, 2.24) is 19.7 Å². The van der Waals surface area contributed by atoms with Crippen LogP contribution >= 0.6 is 0 Å². The van der Waals surface area contributed by atoms with Gasteiger partial charge in [-0.2, -0.15) is 18.3 Å². The minimum atomic E-state index is -4.77. The maximum absolute atomic E-state index is 12.8. The lowest BCUT2D eigenvalue weighted by atomic mass is 10.3. The Morgan fingerprint density at radius 1 is 1.30 bits per heavy atom. The minimum absolute atomic E-state index is 0.0322. The number of H-pyrrole nitrogens is 2. The summed E-state index contributed by atoms with van der Waals surface area (Å²) in [4.78, 5) is 26.6. The molecule has 0 aliphatic rings. The van der Waals surface area contributed by atoms with Crippen LogP contribution in [-0.4, -0.2) is 33.0 Å². The summed E-state index contributed by atoms with van der Waals surface area (Å²) in [7, 11) is 0. The van der Waals surface area contributed by atoms with Gasteiger partial charge in [-0.25, -0.2) is 4.79 Å². The van der Waals surface area contributed by atoms with Crippen molar-refractivity contribution in [2.45, 2.75) is 19.6 Å². The van der Waals surface area contributed by atoms with E-state index in [-0.39, 0.29) is 18.7 Å². The second kappa shape index (κ2) is 5.12. The Hall–Kier alpha value is -2.10. The SMILES string of the molecule is CCOCCn1nc(C(F)(F)F)c2[nH]c(=O)[nH]c(=O)c21. The zero-order valence-electron chi connectivity index (χ0n) is 10.4. The number of alkyl halides is 3. The highest BCUT2D eigenvalue weighted by molar-refractivity contribution is 5.76. The maximum Gasteiger partial charge on any atom is 0.437 e. The first-order valence-electron chi connectivity index (χ1n) is 5.72. The maximum atomic E-state index is 12.8. The predicted octanol–water partition coefficient (Wildman–Crippen LogP) is 0.468. The van der Waals surface area contributed by atoms with Gasteiger partial charge in [-0.3, -0.25) is 14.5 Å². The predicted molar refractivity (Wildman–Crippen MR) is 62.5 cm³/mol. The first-order valence-corrected chi connectivity index (χ1v) is 5.72. The van der Waals surface area contributed by atoms with E-state index >= 15 is 0 Å². The molecule has 0 bridgehead atoms. The monoisotopic (exact) mass is 292 g/mol. The summed E-state index contributed by atoms with van der Waals surface area (Å²) in [5.74, 6) is 0. The second-order valence-electron chi connectivity index (χ2n) is 3.90. The largest absolute Gasteiger partial charge is 0.437 e. The number of nitrogens with one attached hydrogen (secondary N) is 2. The van der Waals surface area contributed by atoms with Crippen LogP contribution in [0.1, 0.15) is 12.6 Å². The van der Waals surface area contributed by atoms with Gasteiger partial charge in [-0.1, -0.05) is 0 Å². The summed E-state index contributed by atoms with van der Waals surface area (Å²) in [6.07, 6.45) is -4.77. The third-order valence-corrected chi connectivity index (χ3v) is 2.55. The summed E-state index contributed by atoms with van der Waals surface area (Å²) in [6.45, 7) is 2.18. The molecular weight excluding hydrogens is 281 g/mol. The number of ether oxygens (including phenoxy) is 1. The van der Waals surface area contributed by atoms with Gasteiger partial charge in [0.1, 0.15) is 5.52 Å². The number of aromatic amines is 2. The van der Waals surface area contributed by atoms with Crippen LogP contribution in [0.3, 0.4) is 0 Å². The van der Waals surface area contributed by atoms with Gasteiger partial charge in [0.05, 0.1) is 13.2 Å². The van der Waals surface area contributed by atoms with Crippen LogP contribution in [0.4, 0.5) is 13.2 Å². The van der Waals surface area contributed by atoms with Crippen molar-refractivity contribution < 1.29 is 17.9 Å². The number of halogens is 3. The Bertz CT molecular complexity index is 728. The quantitative estimate of drug-likeness (QED) is 0.801. The third kappa shape index (κ3) is 2.59. The first-order chi connectivity index (χ1) is 9.34. The Morgan fingerprint density at radius 2 is 2.00 bits per heavy atom. The van der Waals surface area contributed by atoms with Gasteiger partial charge in [0.25, 0.3) is 5.56 Å². The van der Waals surface area contributed by atoms with E-state index in [1.807, 2.05) is 9.97 Å². The van der Waals surface area contributed by atoms with Crippen molar-refractivity contribution in [2.24, 2.45) is 0 Å². The number of aromatic nitrogens is 4. The Balaban J connectivity index is 2.64. The average Bonchev–Trinajstić information content (AvgIpc) is 2.68. The van der Waals surface area contributed by atoms with Gasteiger partial charge in [-0.05, 0) is 6.92 Å². The summed E-state index contributed by atoms with van der Waals surface area (Å²) >= 11 is 0. The number of nitrogens with zero attached hydrogens (tertiary/aromatic N) is 2. The molecule has 10 heteroatoms. The molecule has 110 valence electrons. The van der Waals surface area contributed by atoms with E-state index in [9.17, 15) is 22.8 Å². The van der Waals surface area contributed by atoms with E-state index in [2.05, 4.69) is 5.10 Å². The van der Waals surface area contributed by atoms with Gasteiger partial charge >= 0.3 is 11.9 Å². The zero-order chi connectivity index (χ0) is 14.9. The number of hydrogen-bond donors (Lipinski definition) is 2. The molecule has 7 nitrogen and oxygen atoms in total. The van der Waals surface area contributed by atoms with Crippen molar-refractivity contribution in [3.05, 3.63) is 26.5 Å². The van der Waals surface area contributed by atoms with E-state index in [0.29, 0.717) is 6.61 Å². The molecule has 2 heterocycles. The van der Waals surface area contributed by atoms with Crippen molar-refractivity contribution in [1.29, 1.82) is 0 Å². The van der Waals surface area contributed by atoms with Gasteiger partial charge in [0.2, 0.25) is 0 Å². The Morgan fingerprint density at radius 3 is 2.60 bits per heavy atom. The average molecular weight is 292 g/mol. The molecule has 0 radical (unpaired) electrons. The Labute approximate surface area is 109 Å². The number of rotatable bonds is 4. The number of hydrogen-bond acceptors (Lipinski definition) is 4. The topological polar surface area (TPSA) is 92.8 Å². The molecule has 0 saturated heterocycles. The molecule has 0 saturated carbocycles. The summed E-state index contributed by atoms with van der Waals surface area (Å²) < 4.78 is 44.4. The van der Waals surface area contributed by atoms with Gasteiger partial charge in [0.15, 0.2) is 11.2 Å². The summed E-state index contributed by atoms with van der Waals surface area (Å²) in [5.41, 5.74) is -4.20. The van der Waals surface area contributed by atoms with Crippen LogP contribution in [0, 0.1) is 0 Å². The fraction of sp³-hybridized carbons (Fsp3) is 0.500. The molecule has 2 N–H and O–H groups in total. The van der Waals surface area contributed by atoms with Crippen LogP contribution in [0.5, 0.6) is 0 Å². The molecule has 0 atom stereocenters.